The predicted molar refractivity (Wildman–Crippen MR) is 44.1 cm³/mol. The minimum atomic E-state index is -7.73. The molecule has 0 aliphatic carbocycles. The van der Waals surface area contributed by atoms with Gasteiger partial charge >= 0.3 is 47.8 Å². The van der Waals surface area contributed by atoms with Gasteiger partial charge in [0.2, 0.25) is 0 Å². The maximum Gasteiger partial charge on any atom is 0.448 e. The molecule has 1 rings (SSSR count). The molecule has 1 aliphatic rings. The van der Waals surface area contributed by atoms with Gasteiger partial charge in [0.25, 0.3) is 0 Å². The molecule has 25 heavy (non-hydrogen) atoms. The third kappa shape index (κ3) is 2.06. The average molecular weight is 409 g/mol. The first-order valence-corrected chi connectivity index (χ1v) is 5.24. The van der Waals surface area contributed by atoms with Crippen LogP contribution in [0.25, 0.3) is 0 Å². The maximum atomic E-state index is 13.6. The fraction of sp³-hybridized carbons (Fsp3) is 0.875. The Morgan fingerprint density at radius 3 is 1.16 bits per heavy atom. The zero-order valence-electron chi connectivity index (χ0n) is 10.6. The highest BCUT2D eigenvalue weighted by atomic mass is 19.4. The summed E-state index contributed by atoms with van der Waals surface area (Å²) < 4.78 is 181. The first-order valence-electron chi connectivity index (χ1n) is 5.24. The van der Waals surface area contributed by atoms with Gasteiger partial charge in [0.1, 0.15) is 0 Å². The smallest absolute Gasteiger partial charge is 0.448 e. The van der Waals surface area contributed by atoms with Crippen LogP contribution in [0.15, 0.2) is 0 Å². The van der Waals surface area contributed by atoms with E-state index >= 15 is 0 Å². The van der Waals surface area contributed by atoms with Crippen LogP contribution in [0.2, 0.25) is 0 Å². The normalized spacial score (nSPS) is 29.7. The number of hydrogen-bond donors (Lipinski definition) is 1. The number of aliphatic carboxylic acids is 1. The number of nitrogens with zero attached hydrogens (tertiary/aromatic N) is 1. The minimum Gasteiger partial charge on any atom is -0.478 e. The van der Waals surface area contributed by atoms with Crippen LogP contribution in [0.4, 0.5) is 61.5 Å². The maximum absolute atomic E-state index is 13.6. The zero-order valence-corrected chi connectivity index (χ0v) is 10.6. The molecular weight excluding hydrogens is 408 g/mol. The molecule has 1 aliphatic heterocycles. The van der Waals surface area contributed by atoms with E-state index in [1.807, 2.05) is 0 Å². The Morgan fingerprint density at radius 2 is 0.960 bits per heavy atom. The standard InChI is InChI=1S/C8HF14NO2/c9-2(1(24)25,6(16,17)18)23-7(19,20)4(12,13)3(10,11)5(14,15)8(23,21)22/h(H,24,25)/t2-/m0/s1. The van der Waals surface area contributed by atoms with Crippen molar-refractivity contribution >= 4 is 5.97 Å². The van der Waals surface area contributed by atoms with E-state index in [-0.39, 0.29) is 0 Å². The molecule has 0 amide bonds. The van der Waals surface area contributed by atoms with Gasteiger partial charge in [-0.2, -0.15) is 57.1 Å². The quantitative estimate of drug-likeness (QED) is 0.559. The summed E-state index contributed by atoms with van der Waals surface area (Å²) in [5.41, 5.74) is 0. The first kappa shape index (κ1) is 21.5. The fourth-order valence-corrected chi connectivity index (χ4v) is 1.76. The Balaban J connectivity index is 4.01. The molecule has 1 saturated heterocycles. The predicted octanol–water partition coefficient (Wildman–Crippen LogP) is 3.71. The van der Waals surface area contributed by atoms with Crippen molar-refractivity contribution in [3.05, 3.63) is 0 Å². The molecule has 1 N–H and O–H groups in total. The molecule has 1 fully saturated rings. The highest BCUT2D eigenvalue weighted by Gasteiger charge is 2.99. The molecule has 0 radical (unpaired) electrons. The van der Waals surface area contributed by atoms with Crippen LogP contribution >= 0.6 is 0 Å². The third-order valence-corrected chi connectivity index (χ3v) is 3.07. The van der Waals surface area contributed by atoms with Crippen LogP contribution in [-0.2, 0) is 4.79 Å². The molecule has 148 valence electrons. The van der Waals surface area contributed by atoms with Gasteiger partial charge in [-0.05, 0) is 0 Å². The number of hydrogen-bond acceptors (Lipinski definition) is 2. The van der Waals surface area contributed by atoms with E-state index in [1.165, 1.54) is 0 Å². The van der Waals surface area contributed by atoms with E-state index < -0.39 is 52.7 Å². The topological polar surface area (TPSA) is 40.5 Å². The van der Waals surface area contributed by atoms with E-state index in [2.05, 4.69) is 0 Å². The van der Waals surface area contributed by atoms with Gasteiger partial charge in [-0.25, -0.2) is 9.18 Å². The van der Waals surface area contributed by atoms with Crippen molar-refractivity contribution in [2.75, 3.05) is 0 Å². The summed E-state index contributed by atoms with van der Waals surface area (Å²) in [4.78, 5) is 6.14. The SMILES string of the molecule is O=C(O)[C@](F)(N1C(F)(F)C(F)(F)C(F)(F)C(F)(F)C1(F)F)C(F)(F)F. The number of carboxylic acid groups (broad SMARTS) is 1. The van der Waals surface area contributed by atoms with Gasteiger partial charge in [0, 0.05) is 0 Å². The lowest BCUT2D eigenvalue weighted by atomic mass is 9.91. The molecule has 0 aromatic heterocycles. The summed E-state index contributed by atoms with van der Waals surface area (Å²) in [5, 5.41) is 7.97. The molecule has 0 aromatic carbocycles. The summed E-state index contributed by atoms with van der Waals surface area (Å²) in [6, 6.07) is -15.4. The number of carboxylic acids is 1. The number of carbonyl (C=O) groups is 1. The largest absolute Gasteiger partial charge is 0.478 e. The van der Waals surface area contributed by atoms with Gasteiger partial charge in [0.05, 0.1) is 0 Å². The average Bonchev–Trinajstić information content (AvgIpc) is 2.34. The molecule has 17 heteroatoms. The Bertz CT molecular complexity index is 552. The molecule has 0 saturated carbocycles. The highest BCUT2D eigenvalue weighted by Crippen LogP contribution is 2.67. The Hall–Kier alpha value is -1.55. The van der Waals surface area contributed by atoms with E-state index in [9.17, 15) is 66.3 Å². The van der Waals surface area contributed by atoms with Crippen molar-refractivity contribution in [1.29, 1.82) is 0 Å². The van der Waals surface area contributed by atoms with Crippen molar-refractivity contribution in [2.45, 2.75) is 41.8 Å². The van der Waals surface area contributed by atoms with Gasteiger partial charge in [0.15, 0.2) is 0 Å². The summed E-state index contributed by atoms with van der Waals surface area (Å²) in [7, 11) is 0. The van der Waals surface area contributed by atoms with Crippen LogP contribution in [0, 0.1) is 0 Å². The van der Waals surface area contributed by atoms with Gasteiger partial charge in [-0.1, -0.05) is 0 Å². The van der Waals surface area contributed by atoms with Crippen molar-refractivity contribution in [3.63, 3.8) is 0 Å². The molecule has 1 heterocycles. The Labute approximate surface area is 125 Å². The Morgan fingerprint density at radius 1 is 0.680 bits per heavy atom. The molecule has 1 atom stereocenters. The number of rotatable bonds is 2. The van der Waals surface area contributed by atoms with Gasteiger partial charge < -0.3 is 5.11 Å². The second-order valence-electron chi connectivity index (χ2n) is 4.57. The van der Waals surface area contributed by atoms with Crippen LogP contribution in [0.1, 0.15) is 0 Å². The lowest BCUT2D eigenvalue weighted by molar-refractivity contribution is -0.534. The second kappa shape index (κ2) is 4.79. The van der Waals surface area contributed by atoms with E-state index in [0.717, 1.165) is 0 Å². The molecule has 3 nitrogen and oxygen atoms in total. The lowest BCUT2D eigenvalue weighted by Gasteiger charge is -2.53. The molecule has 0 bridgehead atoms. The highest BCUT2D eigenvalue weighted by molar-refractivity contribution is 5.78. The van der Waals surface area contributed by atoms with Crippen molar-refractivity contribution < 1.29 is 71.4 Å². The number of halogens is 14. The minimum absolute atomic E-state index is 4.10. The van der Waals surface area contributed by atoms with E-state index in [4.69, 9.17) is 5.11 Å². The molecule has 0 spiro atoms. The number of likely N-dealkylation sites (tertiary alicyclic amines) is 1. The second-order valence-corrected chi connectivity index (χ2v) is 4.57. The molecule has 0 unspecified atom stereocenters. The first-order chi connectivity index (χ1) is 10.6. The van der Waals surface area contributed by atoms with Crippen LogP contribution in [-0.4, -0.2) is 57.8 Å². The van der Waals surface area contributed by atoms with Crippen molar-refractivity contribution in [1.82, 2.24) is 4.90 Å². The van der Waals surface area contributed by atoms with Crippen molar-refractivity contribution in [3.8, 4) is 0 Å². The summed E-state index contributed by atoms with van der Waals surface area (Å²) in [6.07, 6.45) is -7.45. The summed E-state index contributed by atoms with van der Waals surface area (Å²) in [5.74, 6) is -34.8. The monoisotopic (exact) mass is 409 g/mol. The van der Waals surface area contributed by atoms with E-state index in [1.54, 1.807) is 0 Å². The van der Waals surface area contributed by atoms with Gasteiger partial charge in [-0.3, -0.25) is 0 Å². The zero-order chi connectivity index (χ0) is 20.7. The summed E-state index contributed by atoms with van der Waals surface area (Å²) in [6.45, 7) is 0. The fourth-order valence-electron chi connectivity index (χ4n) is 1.76. The summed E-state index contributed by atoms with van der Waals surface area (Å²) >= 11 is 0. The third-order valence-electron chi connectivity index (χ3n) is 3.07. The Kier molecular flexibility index (Phi) is 4.12. The molecular formula is C8HF14NO2. The number of piperidine rings is 1. The molecule has 0 aromatic rings. The van der Waals surface area contributed by atoms with Crippen LogP contribution in [0.3, 0.4) is 0 Å². The lowest BCUT2D eigenvalue weighted by Crippen LogP contribution is -2.87. The van der Waals surface area contributed by atoms with Gasteiger partial charge in [-0.15, -0.1) is 4.90 Å². The van der Waals surface area contributed by atoms with Crippen LogP contribution in [0.5, 0.6) is 0 Å². The van der Waals surface area contributed by atoms with E-state index in [0.29, 0.717) is 0 Å². The van der Waals surface area contributed by atoms with Crippen LogP contribution < -0.4 is 0 Å². The number of alkyl halides is 14. The van der Waals surface area contributed by atoms with Crippen molar-refractivity contribution in [2.24, 2.45) is 0 Å².